The van der Waals surface area contributed by atoms with Gasteiger partial charge in [-0.2, -0.15) is 13.2 Å². The fourth-order valence-electron chi connectivity index (χ4n) is 2.82. The molecular weight excluding hydrogens is 479 g/mol. The van der Waals surface area contributed by atoms with Crippen LogP contribution < -0.4 is 14.2 Å². The summed E-state index contributed by atoms with van der Waals surface area (Å²) in [6, 6.07) is 3.95. The zero-order valence-electron chi connectivity index (χ0n) is 18.9. The summed E-state index contributed by atoms with van der Waals surface area (Å²) in [5.74, 6) is -3.28. The zero-order valence-corrected chi connectivity index (χ0v) is 18.9. The summed E-state index contributed by atoms with van der Waals surface area (Å²) in [4.78, 5) is 12.8. The predicted octanol–water partition coefficient (Wildman–Crippen LogP) is 5.16. The van der Waals surface area contributed by atoms with Gasteiger partial charge in [0.15, 0.2) is 11.5 Å². The van der Waals surface area contributed by atoms with Gasteiger partial charge in [-0.1, -0.05) is 0 Å². The molecular formula is C21H17B3F6O5. The van der Waals surface area contributed by atoms with E-state index in [2.05, 4.69) is 4.74 Å². The maximum atomic E-state index is 13.5. The van der Waals surface area contributed by atoms with Gasteiger partial charge in [0.1, 0.15) is 46.2 Å². The third kappa shape index (κ3) is 8.36. The first-order valence-corrected chi connectivity index (χ1v) is 9.74. The number of esters is 1. The number of carbonyl (C=O) groups is 1. The van der Waals surface area contributed by atoms with Gasteiger partial charge >= 0.3 is 18.5 Å². The van der Waals surface area contributed by atoms with E-state index in [4.69, 9.17) is 37.7 Å². The van der Waals surface area contributed by atoms with E-state index in [1.54, 1.807) is 0 Å². The summed E-state index contributed by atoms with van der Waals surface area (Å²) in [6.07, 6.45) is -9.86. The number of ether oxygens (including phenoxy) is 4. The summed E-state index contributed by atoms with van der Waals surface area (Å²) >= 11 is 0. The summed E-state index contributed by atoms with van der Waals surface area (Å²) in [5, 5.41) is -2.39. The standard InChI is InChI=1S/C21H17B3F6O5/c1-10-12(19(25,26)27)6-8-14(16(10)17(31)35-18(2,3)4)32-13-7-5-11(33-21(28,29)30)9-15(13)34-20(22,23)24/h5-9H,1-4H3. The van der Waals surface area contributed by atoms with Crippen LogP contribution in [0.1, 0.15) is 42.3 Å². The summed E-state index contributed by atoms with van der Waals surface area (Å²) in [6.45, 7) is 5.55. The number of rotatable bonds is 6. The van der Waals surface area contributed by atoms with Crippen molar-refractivity contribution in [3.8, 4) is 23.0 Å². The maximum Gasteiger partial charge on any atom is 0.573 e. The second-order valence-electron chi connectivity index (χ2n) is 8.32. The second kappa shape index (κ2) is 9.62. The van der Waals surface area contributed by atoms with Gasteiger partial charge in [0, 0.05) is 6.07 Å². The van der Waals surface area contributed by atoms with Crippen molar-refractivity contribution in [1.29, 1.82) is 0 Å². The minimum absolute atomic E-state index is 0.394. The van der Waals surface area contributed by atoms with E-state index >= 15 is 0 Å². The lowest BCUT2D eigenvalue weighted by atomic mass is 9.52. The molecule has 5 nitrogen and oxygen atoms in total. The van der Waals surface area contributed by atoms with Crippen molar-refractivity contribution >= 4 is 29.5 Å². The van der Waals surface area contributed by atoms with Crippen LogP contribution in [0.25, 0.3) is 0 Å². The monoisotopic (exact) mass is 496 g/mol. The van der Waals surface area contributed by atoms with Crippen molar-refractivity contribution in [2.24, 2.45) is 0 Å². The lowest BCUT2D eigenvalue weighted by Gasteiger charge is -2.26. The zero-order chi connectivity index (χ0) is 27.0. The minimum atomic E-state index is -5.06. The second-order valence-corrected chi connectivity index (χ2v) is 8.32. The highest BCUT2D eigenvalue weighted by Crippen LogP contribution is 2.42. The molecule has 0 heterocycles. The fraction of sp³-hybridized carbons (Fsp3) is 0.381. The molecule has 0 aliphatic heterocycles. The Kier molecular flexibility index (Phi) is 7.78. The first-order valence-electron chi connectivity index (χ1n) is 9.74. The molecule has 0 atom stereocenters. The normalized spacial score (nSPS) is 12.7. The van der Waals surface area contributed by atoms with Crippen molar-refractivity contribution in [3.05, 3.63) is 47.0 Å². The molecule has 0 saturated carbocycles. The molecule has 182 valence electrons. The molecule has 0 spiro atoms. The Bertz CT molecular complexity index is 1090. The van der Waals surface area contributed by atoms with Crippen LogP contribution in [-0.2, 0) is 10.9 Å². The van der Waals surface area contributed by atoms with Gasteiger partial charge in [-0.05, 0) is 62.8 Å². The third-order valence-electron chi connectivity index (χ3n) is 3.99. The van der Waals surface area contributed by atoms with Gasteiger partial charge in [0.2, 0.25) is 0 Å². The molecule has 14 heteroatoms. The molecule has 0 fully saturated rings. The minimum Gasteiger partial charge on any atom is -0.512 e. The average molecular weight is 496 g/mol. The van der Waals surface area contributed by atoms with Crippen LogP contribution in [0.4, 0.5) is 26.3 Å². The molecule has 35 heavy (non-hydrogen) atoms. The highest BCUT2D eigenvalue weighted by molar-refractivity contribution is 6.58. The quantitative estimate of drug-likeness (QED) is 0.315. The Morgan fingerprint density at radius 3 is 1.89 bits per heavy atom. The van der Waals surface area contributed by atoms with E-state index in [0.717, 1.165) is 25.1 Å². The van der Waals surface area contributed by atoms with Gasteiger partial charge in [-0.3, -0.25) is 0 Å². The smallest absolute Gasteiger partial charge is 0.512 e. The first kappa shape index (κ1) is 28.3. The molecule has 0 bridgehead atoms. The topological polar surface area (TPSA) is 54.0 Å². The number of halogens is 6. The average Bonchev–Trinajstić information content (AvgIpc) is 2.58. The van der Waals surface area contributed by atoms with E-state index in [-0.39, 0.29) is 0 Å². The van der Waals surface area contributed by atoms with Crippen LogP contribution in [0.15, 0.2) is 30.3 Å². The Labute approximate surface area is 201 Å². The number of hydrogen-bond acceptors (Lipinski definition) is 5. The molecule has 2 aromatic rings. The molecule has 0 amide bonds. The van der Waals surface area contributed by atoms with E-state index in [9.17, 15) is 31.1 Å². The van der Waals surface area contributed by atoms with E-state index < -0.39 is 69.1 Å². The third-order valence-corrected chi connectivity index (χ3v) is 3.99. The lowest BCUT2D eigenvalue weighted by Crippen LogP contribution is -2.37. The fourth-order valence-corrected chi connectivity index (χ4v) is 2.82. The number of carbonyl (C=O) groups excluding carboxylic acids is 1. The van der Waals surface area contributed by atoms with Gasteiger partial charge < -0.3 is 18.9 Å². The van der Waals surface area contributed by atoms with Gasteiger partial charge in [0.25, 0.3) is 0 Å². The molecule has 0 aliphatic rings. The Morgan fingerprint density at radius 1 is 0.829 bits per heavy atom. The van der Waals surface area contributed by atoms with Crippen molar-refractivity contribution in [2.45, 2.75) is 51.1 Å². The molecule has 0 aromatic heterocycles. The van der Waals surface area contributed by atoms with Gasteiger partial charge in [-0.25, -0.2) is 4.79 Å². The first-order chi connectivity index (χ1) is 15.7. The largest absolute Gasteiger partial charge is 0.573 e. The molecule has 0 unspecified atom stereocenters. The Balaban J connectivity index is 2.64. The highest BCUT2D eigenvalue weighted by Gasteiger charge is 2.36. The van der Waals surface area contributed by atoms with E-state index in [0.29, 0.717) is 12.1 Å². The molecule has 2 aromatic carbocycles. The summed E-state index contributed by atoms with van der Waals surface area (Å²) in [7, 11) is 16.1. The Morgan fingerprint density at radius 2 is 1.40 bits per heavy atom. The number of hydrogen-bond donors (Lipinski definition) is 0. The van der Waals surface area contributed by atoms with Crippen LogP contribution in [0.3, 0.4) is 0 Å². The van der Waals surface area contributed by atoms with Crippen LogP contribution >= 0.6 is 0 Å². The molecule has 0 aliphatic carbocycles. The molecule has 0 N–H and O–H groups in total. The van der Waals surface area contributed by atoms with Crippen LogP contribution in [0, 0.1) is 6.92 Å². The molecule has 0 saturated heterocycles. The summed E-state index contributed by atoms with van der Waals surface area (Å²) in [5.41, 5.74) is -3.27. The van der Waals surface area contributed by atoms with Gasteiger partial charge in [0.05, 0.1) is 5.56 Å². The SMILES string of the molecule is [B]C([B])([B])Oc1cc(OC(F)(F)F)ccc1Oc1ccc(C(F)(F)F)c(C)c1C(=O)OC(C)(C)C. The van der Waals surface area contributed by atoms with E-state index in [1.165, 1.54) is 20.8 Å². The van der Waals surface area contributed by atoms with Gasteiger partial charge in [-0.15, -0.1) is 13.2 Å². The maximum absolute atomic E-state index is 13.5. The van der Waals surface area contributed by atoms with Crippen molar-refractivity contribution in [2.75, 3.05) is 0 Å². The van der Waals surface area contributed by atoms with Crippen molar-refractivity contribution in [3.63, 3.8) is 0 Å². The predicted molar refractivity (Wildman–Crippen MR) is 115 cm³/mol. The molecule has 2 rings (SSSR count). The lowest BCUT2D eigenvalue weighted by molar-refractivity contribution is -0.274. The number of benzene rings is 2. The van der Waals surface area contributed by atoms with Crippen molar-refractivity contribution < 1.29 is 50.1 Å². The highest BCUT2D eigenvalue weighted by atomic mass is 19.4. The number of alkyl halides is 6. The van der Waals surface area contributed by atoms with E-state index in [1.807, 2.05) is 0 Å². The van der Waals surface area contributed by atoms with Crippen LogP contribution in [-0.4, -0.2) is 46.8 Å². The summed E-state index contributed by atoms with van der Waals surface area (Å²) < 4.78 is 97.8. The van der Waals surface area contributed by atoms with Crippen molar-refractivity contribution in [1.82, 2.24) is 0 Å². The van der Waals surface area contributed by atoms with Crippen LogP contribution in [0.2, 0.25) is 0 Å². The molecule has 6 radical (unpaired) electrons. The Hall–Kier alpha value is -2.92. The van der Waals surface area contributed by atoms with Crippen LogP contribution in [0.5, 0.6) is 23.0 Å².